The van der Waals surface area contributed by atoms with Gasteiger partial charge in [0, 0.05) is 29.2 Å². The summed E-state index contributed by atoms with van der Waals surface area (Å²) >= 11 is 12.5. The van der Waals surface area contributed by atoms with Gasteiger partial charge >= 0.3 is 0 Å². The first-order valence-corrected chi connectivity index (χ1v) is 11.6. The van der Waals surface area contributed by atoms with Gasteiger partial charge in [-0.15, -0.1) is 0 Å². The summed E-state index contributed by atoms with van der Waals surface area (Å²) in [5, 5.41) is 3.18. The van der Waals surface area contributed by atoms with Gasteiger partial charge in [0.2, 0.25) is 21.8 Å². The third kappa shape index (κ3) is 5.87. The van der Waals surface area contributed by atoms with Gasteiger partial charge in [0.05, 0.1) is 11.9 Å². The molecule has 0 saturated heterocycles. The molecule has 2 rings (SSSR count). The van der Waals surface area contributed by atoms with Gasteiger partial charge in [-0.2, -0.15) is 0 Å². The summed E-state index contributed by atoms with van der Waals surface area (Å²) in [6.07, 6.45) is 1.02. The second-order valence-electron chi connectivity index (χ2n) is 6.62. The van der Waals surface area contributed by atoms with E-state index >= 15 is 0 Å². The van der Waals surface area contributed by atoms with Crippen LogP contribution in [-0.2, 0) is 26.2 Å². The minimum absolute atomic E-state index is 0.0572. The number of likely N-dealkylation sites (N-methyl/N-ethyl adjacent to an activating group) is 1. The second kappa shape index (κ2) is 10.1. The Morgan fingerprint density at radius 2 is 1.60 bits per heavy atom. The Morgan fingerprint density at radius 1 is 1.03 bits per heavy atom. The number of para-hydroxylation sites is 1. The monoisotopic (exact) mass is 471 g/mol. The minimum Gasteiger partial charge on any atom is -0.357 e. The fourth-order valence-electron chi connectivity index (χ4n) is 2.85. The summed E-state index contributed by atoms with van der Waals surface area (Å²) in [7, 11) is -2.30. The van der Waals surface area contributed by atoms with Crippen molar-refractivity contribution in [3.63, 3.8) is 0 Å². The molecule has 0 bridgehead atoms. The smallest absolute Gasteiger partial charge is 0.244 e. The maximum Gasteiger partial charge on any atom is 0.244 e. The number of carbonyl (C=O) groups is 2. The Labute approximate surface area is 186 Å². The molecule has 2 aromatic rings. The van der Waals surface area contributed by atoms with Crippen LogP contribution in [0.2, 0.25) is 10.0 Å². The zero-order valence-corrected chi connectivity index (χ0v) is 19.1. The molecule has 1 unspecified atom stereocenters. The highest BCUT2D eigenvalue weighted by Crippen LogP contribution is 2.27. The van der Waals surface area contributed by atoms with Gasteiger partial charge in [0.25, 0.3) is 0 Å². The molecule has 162 valence electrons. The van der Waals surface area contributed by atoms with Crippen molar-refractivity contribution in [1.82, 2.24) is 10.2 Å². The van der Waals surface area contributed by atoms with Gasteiger partial charge in [0.15, 0.2) is 0 Å². The van der Waals surface area contributed by atoms with Crippen LogP contribution in [0.3, 0.4) is 0 Å². The fourth-order valence-corrected chi connectivity index (χ4v) is 4.22. The molecule has 30 heavy (non-hydrogen) atoms. The maximum atomic E-state index is 13.2. The Kier molecular flexibility index (Phi) is 8.11. The number of nitrogens with one attached hydrogen (secondary N) is 1. The van der Waals surface area contributed by atoms with Gasteiger partial charge < -0.3 is 10.2 Å². The first-order chi connectivity index (χ1) is 14.1. The highest BCUT2D eigenvalue weighted by Gasteiger charge is 2.30. The Bertz CT molecular complexity index is 996. The van der Waals surface area contributed by atoms with Crippen LogP contribution in [0.15, 0.2) is 48.5 Å². The van der Waals surface area contributed by atoms with E-state index in [0.29, 0.717) is 21.3 Å². The lowest BCUT2D eigenvalue weighted by Gasteiger charge is -2.31. The normalized spacial score (nSPS) is 12.2. The molecule has 2 amide bonds. The fraction of sp³-hybridized carbons (Fsp3) is 0.300. The summed E-state index contributed by atoms with van der Waals surface area (Å²) < 4.78 is 25.7. The molecule has 7 nitrogen and oxygen atoms in total. The number of amides is 2. The van der Waals surface area contributed by atoms with E-state index in [1.54, 1.807) is 55.5 Å². The number of nitrogens with zero attached hydrogens (tertiary/aromatic N) is 2. The average molecular weight is 472 g/mol. The van der Waals surface area contributed by atoms with E-state index in [1.807, 2.05) is 0 Å². The molecule has 1 atom stereocenters. The van der Waals surface area contributed by atoms with Crippen LogP contribution in [0.4, 0.5) is 5.69 Å². The van der Waals surface area contributed by atoms with Crippen molar-refractivity contribution in [1.29, 1.82) is 0 Å². The van der Waals surface area contributed by atoms with E-state index in [0.717, 1.165) is 10.6 Å². The number of halogens is 2. The van der Waals surface area contributed by atoms with Crippen molar-refractivity contribution in [2.24, 2.45) is 0 Å². The van der Waals surface area contributed by atoms with Crippen LogP contribution in [0.5, 0.6) is 0 Å². The predicted octanol–water partition coefficient (Wildman–Crippen LogP) is 2.92. The van der Waals surface area contributed by atoms with E-state index in [9.17, 15) is 18.0 Å². The topological polar surface area (TPSA) is 86.8 Å². The van der Waals surface area contributed by atoms with Crippen LogP contribution in [0.1, 0.15) is 12.5 Å². The summed E-state index contributed by atoms with van der Waals surface area (Å²) in [6, 6.07) is 12.3. The van der Waals surface area contributed by atoms with Crippen LogP contribution in [0.25, 0.3) is 0 Å². The first kappa shape index (κ1) is 24.0. The Balaban J connectivity index is 2.42. The van der Waals surface area contributed by atoms with Crippen molar-refractivity contribution in [2.75, 3.05) is 24.2 Å². The largest absolute Gasteiger partial charge is 0.357 e. The number of carbonyl (C=O) groups excluding carboxylic acids is 2. The maximum absolute atomic E-state index is 13.2. The third-order valence-corrected chi connectivity index (χ3v) is 6.38. The number of benzene rings is 2. The SMILES string of the molecule is CNC(=O)C(C)N(Cc1c(Cl)cccc1Cl)C(=O)CN(c1ccccc1)S(C)(=O)=O. The van der Waals surface area contributed by atoms with Gasteiger partial charge in [-0.05, 0) is 31.2 Å². The Morgan fingerprint density at radius 3 is 2.10 bits per heavy atom. The van der Waals surface area contributed by atoms with Crippen molar-refractivity contribution in [3.05, 3.63) is 64.1 Å². The average Bonchev–Trinajstić information content (AvgIpc) is 2.70. The molecule has 10 heteroatoms. The molecule has 0 spiro atoms. The van der Waals surface area contributed by atoms with Crippen LogP contribution in [0, 0.1) is 0 Å². The Hall–Kier alpha value is -2.29. The quantitative estimate of drug-likeness (QED) is 0.640. The van der Waals surface area contributed by atoms with Crippen molar-refractivity contribution in [2.45, 2.75) is 19.5 Å². The lowest BCUT2D eigenvalue weighted by atomic mass is 10.1. The molecular weight excluding hydrogens is 449 g/mol. The molecular formula is C20H23Cl2N3O4S. The van der Waals surface area contributed by atoms with Crippen LogP contribution >= 0.6 is 23.2 Å². The third-order valence-electron chi connectivity index (χ3n) is 4.53. The first-order valence-electron chi connectivity index (χ1n) is 9.03. The lowest BCUT2D eigenvalue weighted by molar-refractivity contribution is -0.139. The zero-order chi connectivity index (χ0) is 22.5. The van der Waals surface area contributed by atoms with E-state index in [1.165, 1.54) is 11.9 Å². The van der Waals surface area contributed by atoms with Gasteiger partial charge in [-0.3, -0.25) is 13.9 Å². The molecule has 0 aliphatic heterocycles. The van der Waals surface area contributed by atoms with Crippen LogP contribution < -0.4 is 9.62 Å². The number of anilines is 1. The summed E-state index contributed by atoms with van der Waals surface area (Å²) in [5.74, 6) is -0.978. The van der Waals surface area contributed by atoms with Gasteiger partial charge in [0.1, 0.15) is 12.6 Å². The molecule has 0 aliphatic rings. The van der Waals surface area contributed by atoms with Gasteiger partial charge in [-0.1, -0.05) is 47.5 Å². The van der Waals surface area contributed by atoms with Crippen molar-refractivity contribution in [3.8, 4) is 0 Å². The predicted molar refractivity (Wildman–Crippen MR) is 119 cm³/mol. The molecule has 0 fully saturated rings. The van der Waals surface area contributed by atoms with Crippen molar-refractivity contribution >= 4 is 50.7 Å². The van der Waals surface area contributed by atoms with E-state index < -0.39 is 34.4 Å². The van der Waals surface area contributed by atoms with Crippen LogP contribution in [-0.4, -0.2) is 51.0 Å². The van der Waals surface area contributed by atoms with Crippen molar-refractivity contribution < 1.29 is 18.0 Å². The van der Waals surface area contributed by atoms with Gasteiger partial charge in [-0.25, -0.2) is 8.42 Å². The number of rotatable bonds is 8. The zero-order valence-electron chi connectivity index (χ0n) is 16.8. The number of hydrogen-bond acceptors (Lipinski definition) is 4. The molecule has 0 saturated carbocycles. The number of sulfonamides is 1. The summed E-state index contributed by atoms with van der Waals surface area (Å²) in [5.41, 5.74) is 0.812. The summed E-state index contributed by atoms with van der Waals surface area (Å²) in [6.45, 7) is 1.01. The van der Waals surface area contributed by atoms with E-state index in [4.69, 9.17) is 23.2 Å². The summed E-state index contributed by atoms with van der Waals surface area (Å²) in [4.78, 5) is 26.7. The highest BCUT2D eigenvalue weighted by molar-refractivity contribution is 7.92. The van der Waals surface area contributed by atoms with E-state index in [2.05, 4.69) is 5.32 Å². The molecule has 0 radical (unpaired) electrons. The lowest BCUT2D eigenvalue weighted by Crippen LogP contribution is -2.50. The molecule has 0 aliphatic carbocycles. The highest BCUT2D eigenvalue weighted by atomic mass is 35.5. The molecule has 0 heterocycles. The van der Waals surface area contributed by atoms with E-state index in [-0.39, 0.29) is 6.54 Å². The standard InChI is InChI=1S/C20H23Cl2N3O4S/c1-14(20(27)23-2)24(12-16-17(21)10-7-11-18(16)22)19(26)13-25(30(3,28)29)15-8-5-4-6-9-15/h4-11,14H,12-13H2,1-3H3,(H,23,27). The number of hydrogen-bond donors (Lipinski definition) is 1. The molecule has 0 aromatic heterocycles. The second-order valence-corrected chi connectivity index (χ2v) is 9.34. The minimum atomic E-state index is -3.75. The molecule has 2 aromatic carbocycles. The molecule has 1 N–H and O–H groups in total.